The molecule has 0 atom stereocenters. The molecule has 0 aliphatic carbocycles. The quantitative estimate of drug-likeness (QED) is 0.759. The van der Waals surface area contributed by atoms with Crippen LogP contribution in [0.3, 0.4) is 0 Å². The van der Waals surface area contributed by atoms with Gasteiger partial charge in [0.15, 0.2) is 11.5 Å². The normalized spacial score (nSPS) is 10.9. The number of ether oxygens (including phenoxy) is 3. The minimum Gasteiger partial charge on any atom is -0.496 e. The van der Waals surface area contributed by atoms with Crippen molar-refractivity contribution in [2.45, 2.75) is 11.8 Å². The molecule has 140 valence electrons. The van der Waals surface area contributed by atoms with Gasteiger partial charge >= 0.3 is 0 Å². The zero-order valence-electron chi connectivity index (χ0n) is 14.6. The van der Waals surface area contributed by atoms with Crippen molar-refractivity contribution in [3.05, 3.63) is 42.0 Å². The highest BCUT2D eigenvalue weighted by Crippen LogP contribution is 2.31. The van der Waals surface area contributed by atoms with Crippen LogP contribution in [0, 0.1) is 0 Å². The Hall–Kier alpha value is -2.78. The fraction of sp³-hybridized carbons (Fsp3) is 0.235. The van der Waals surface area contributed by atoms with Crippen molar-refractivity contribution in [1.82, 2.24) is 0 Å². The summed E-state index contributed by atoms with van der Waals surface area (Å²) in [7, 11) is -1.09. The highest BCUT2D eigenvalue weighted by atomic mass is 32.2. The number of nitrogens with one attached hydrogen (secondary N) is 1. The van der Waals surface area contributed by atoms with E-state index in [9.17, 15) is 13.2 Å². The number of methoxy groups -OCH3 is 2. The summed E-state index contributed by atoms with van der Waals surface area (Å²) in [6, 6.07) is 8.70. The number of sulfonamides is 1. The summed E-state index contributed by atoms with van der Waals surface area (Å²) in [5.41, 5.74) is 0.477. The summed E-state index contributed by atoms with van der Waals surface area (Å²) in [4.78, 5) is 12.4. The standard InChI is InChI=1S/C17H20N2O6S/c1-4-25-15-7-5-11(9-16(15)24-3)19-17(20)13-10-12(26(18,21)22)6-8-14(13)23-2/h5-10H,4H2,1-3H3,(H,19,20)(H2,18,21,22). The summed E-state index contributed by atoms with van der Waals surface area (Å²) in [6.07, 6.45) is 0. The maximum atomic E-state index is 12.6. The van der Waals surface area contributed by atoms with Crippen molar-refractivity contribution >= 4 is 21.6 Å². The Kier molecular flexibility index (Phi) is 6.06. The van der Waals surface area contributed by atoms with Gasteiger partial charge in [0, 0.05) is 11.8 Å². The molecule has 9 heteroatoms. The van der Waals surface area contributed by atoms with E-state index >= 15 is 0 Å². The molecule has 0 aliphatic heterocycles. The Morgan fingerprint density at radius 1 is 1.04 bits per heavy atom. The van der Waals surface area contributed by atoms with Gasteiger partial charge in [0.25, 0.3) is 5.91 Å². The predicted octanol–water partition coefficient (Wildman–Crippen LogP) is 2.00. The van der Waals surface area contributed by atoms with E-state index in [2.05, 4.69) is 5.32 Å². The lowest BCUT2D eigenvalue weighted by atomic mass is 10.1. The molecule has 2 aromatic carbocycles. The molecule has 0 aliphatic rings. The molecule has 2 aromatic rings. The van der Waals surface area contributed by atoms with Crippen molar-refractivity contribution < 1.29 is 27.4 Å². The van der Waals surface area contributed by atoms with Crippen LogP contribution >= 0.6 is 0 Å². The number of hydrogen-bond donors (Lipinski definition) is 2. The first kappa shape index (κ1) is 19.5. The van der Waals surface area contributed by atoms with Gasteiger partial charge < -0.3 is 19.5 Å². The van der Waals surface area contributed by atoms with Gasteiger partial charge in [-0.1, -0.05) is 0 Å². The van der Waals surface area contributed by atoms with Crippen LogP contribution in [0.25, 0.3) is 0 Å². The third-order valence-corrected chi connectivity index (χ3v) is 4.38. The fourth-order valence-electron chi connectivity index (χ4n) is 2.26. The van der Waals surface area contributed by atoms with Crippen LogP contribution in [-0.2, 0) is 10.0 Å². The molecule has 0 aromatic heterocycles. The monoisotopic (exact) mass is 380 g/mol. The van der Waals surface area contributed by atoms with E-state index in [1.165, 1.54) is 26.4 Å². The Balaban J connectivity index is 2.35. The van der Waals surface area contributed by atoms with E-state index < -0.39 is 15.9 Å². The number of carbonyl (C=O) groups is 1. The molecule has 0 fully saturated rings. The molecule has 0 spiro atoms. The number of nitrogens with two attached hydrogens (primary N) is 1. The van der Waals surface area contributed by atoms with E-state index in [0.717, 1.165) is 6.07 Å². The summed E-state index contributed by atoms with van der Waals surface area (Å²) in [5.74, 6) is 0.656. The van der Waals surface area contributed by atoms with Crippen LogP contribution in [0.2, 0.25) is 0 Å². The van der Waals surface area contributed by atoms with E-state index in [0.29, 0.717) is 23.8 Å². The molecule has 0 saturated carbocycles. The van der Waals surface area contributed by atoms with Crippen LogP contribution in [0.5, 0.6) is 17.2 Å². The topological polar surface area (TPSA) is 117 Å². The molecule has 8 nitrogen and oxygen atoms in total. The molecule has 2 rings (SSSR count). The van der Waals surface area contributed by atoms with Crippen molar-refractivity contribution in [2.75, 3.05) is 26.1 Å². The average Bonchev–Trinajstić information content (AvgIpc) is 2.61. The minimum atomic E-state index is -3.95. The van der Waals surface area contributed by atoms with Gasteiger partial charge in [-0.05, 0) is 37.3 Å². The molecule has 3 N–H and O–H groups in total. The first-order valence-corrected chi connectivity index (χ1v) is 9.17. The number of rotatable bonds is 7. The van der Waals surface area contributed by atoms with E-state index in [1.807, 2.05) is 6.92 Å². The minimum absolute atomic E-state index is 0.0341. The lowest BCUT2D eigenvalue weighted by Gasteiger charge is -2.13. The lowest BCUT2D eigenvalue weighted by Crippen LogP contribution is -2.16. The van der Waals surface area contributed by atoms with Gasteiger partial charge in [-0.25, -0.2) is 13.6 Å². The van der Waals surface area contributed by atoms with Gasteiger partial charge in [-0.2, -0.15) is 0 Å². The van der Waals surface area contributed by atoms with Gasteiger partial charge in [-0.3, -0.25) is 4.79 Å². The molecule has 0 unspecified atom stereocenters. The molecule has 0 bridgehead atoms. The van der Waals surface area contributed by atoms with E-state index in [4.69, 9.17) is 19.3 Å². The molecule has 0 radical (unpaired) electrons. The van der Waals surface area contributed by atoms with Crippen LogP contribution in [-0.4, -0.2) is 35.2 Å². The Morgan fingerprint density at radius 2 is 1.69 bits per heavy atom. The maximum Gasteiger partial charge on any atom is 0.259 e. The summed E-state index contributed by atoms with van der Waals surface area (Å²) >= 11 is 0. The second kappa shape index (κ2) is 8.07. The molecule has 26 heavy (non-hydrogen) atoms. The zero-order chi connectivity index (χ0) is 19.3. The van der Waals surface area contributed by atoms with Crippen LogP contribution in [0.1, 0.15) is 17.3 Å². The average molecular weight is 380 g/mol. The largest absolute Gasteiger partial charge is 0.496 e. The molecule has 1 amide bonds. The lowest BCUT2D eigenvalue weighted by molar-refractivity contribution is 0.102. The van der Waals surface area contributed by atoms with Crippen molar-refractivity contribution in [2.24, 2.45) is 5.14 Å². The highest BCUT2D eigenvalue weighted by molar-refractivity contribution is 7.89. The first-order valence-electron chi connectivity index (χ1n) is 7.63. The zero-order valence-corrected chi connectivity index (χ0v) is 15.4. The third-order valence-electron chi connectivity index (χ3n) is 3.47. The second-order valence-electron chi connectivity index (χ2n) is 5.16. The van der Waals surface area contributed by atoms with Crippen LogP contribution in [0.4, 0.5) is 5.69 Å². The Bertz CT molecular complexity index is 911. The second-order valence-corrected chi connectivity index (χ2v) is 6.72. The summed E-state index contributed by atoms with van der Waals surface area (Å²) < 4.78 is 38.8. The predicted molar refractivity (Wildman–Crippen MR) is 96.5 cm³/mol. The first-order chi connectivity index (χ1) is 12.3. The van der Waals surface area contributed by atoms with Gasteiger partial charge in [-0.15, -0.1) is 0 Å². The van der Waals surface area contributed by atoms with Gasteiger partial charge in [0.2, 0.25) is 10.0 Å². The molecular weight excluding hydrogens is 360 g/mol. The Morgan fingerprint density at radius 3 is 2.27 bits per heavy atom. The summed E-state index contributed by atoms with van der Waals surface area (Å²) in [6.45, 7) is 2.32. The fourth-order valence-corrected chi connectivity index (χ4v) is 2.80. The third kappa shape index (κ3) is 4.44. The number of hydrogen-bond acceptors (Lipinski definition) is 6. The highest BCUT2D eigenvalue weighted by Gasteiger charge is 2.18. The molecular formula is C17H20N2O6S. The van der Waals surface area contributed by atoms with E-state index in [-0.39, 0.29) is 16.2 Å². The molecule has 0 saturated heterocycles. The van der Waals surface area contributed by atoms with Crippen LogP contribution in [0.15, 0.2) is 41.3 Å². The van der Waals surface area contributed by atoms with E-state index in [1.54, 1.807) is 18.2 Å². The number of benzene rings is 2. The van der Waals surface area contributed by atoms with Crippen LogP contribution < -0.4 is 24.7 Å². The van der Waals surface area contributed by atoms with Gasteiger partial charge in [0.05, 0.1) is 31.3 Å². The van der Waals surface area contributed by atoms with Gasteiger partial charge in [0.1, 0.15) is 5.75 Å². The van der Waals surface area contributed by atoms with Crippen molar-refractivity contribution in [1.29, 1.82) is 0 Å². The van der Waals surface area contributed by atoms with Crippen molar-refractivity contribution in [3.8, 4) is 17.2 Å². The van der Waals surface area contributed by atoms with Crippen molar-refractivity contribution in [3.63, 3.8) is 0 Å². The maximum absolute atomic E-state index is 12.6. The molecule has 0 heterocycles. The smallest absolute Gasteiger partial charge is 0.259 e. The number of anilines is 1. The summed E-state index contributed by atoms with van der Waals surface area (Å²) in [5, 5.41) is 7.79. The SMILES string of the molecule is CCOc1ccc(NC(=O)c2cc(S(N)(=O)=O)ccc2OC)cc1OC. The number of amides is 1. The Labute approximate surface area is 151 Å². The number of primary sulfonamides is 1. The number of carbonyl (C=O) groups excluding carboxylic acids is 1.